The summed E-state index contributed by atoms with van der Waals surface area (Å²) in [5.41, 5.74) is 0.845. The molecule has 0 radical (unpaired) electrons. The highest BCUT2D eigenvalue weighted by molar-refractivity contribution is 5.60. The van der Waals surface area contributed by atoms with E-state index in [-0.39, 0.29) is 0 Å². The van der Waals surface area contributed by atoms with Gasteiger partial charge in [-0.25, -0.2) is 4.39 Å². The summed E-state index contributed by atoms with van der Waals surface area (Å²) in [5.74, 6) is -1.95. The van der Waals surface area contributed by atoms with E-state index in [0.717, 1.165) is 12.1 Å². The fourth-order valence-corrected chi connectivity index (χ4v) is 1.40. The van der Waals surface area contributed by atoms with Crippen molar-refractivity contribution < 1.29 is 22.3 Å². The Bertz CT molecular complexity index is 540. The van der Waals surface area contributed by atoms with Crippen molar-refractivity contribution in [1.29, 1.82) is 0 Å². The molecule has 0 N–H and O–H groups in total. The lowest BCUT2D eigenvalue weighted by Crippen LogP contribution is -2.17. The van der Waals surface area contributed by atoms with E-state index >= 15 is 0 Å². The minimum absolute atomic E-state index is 0.377. The van der Waals surface area contributed by atoms with Gasteiger partial charge in [-0.1, -0.05) is 6.07 Å². The molecule has 2 aromatic rings. The van der Waals surface area contributed by atoms with Gasteiger partial charge in [0.1, 0.15) is 0 Å². The van der Waals surface area contributed by atoms with E-state index in [1.165, 1.54) is 12.3 Å². The van der Waals surface area contributed by atoms with Gasteiger partial charge in [0.05, 0.1) is 5.69 Å². The Morgan fingerprint density at radius 2 is 1.83 bits per heavy atom. The number of pyridine rings is 1. The summed E-state index contributed by atoms with van der Waals surface area (Å²) in [6.07, 6.45) is -3.40. The SMILES string of the molecule is Fc1cc(-c2ccccn2)ccc1OC(F)(F)F. The normalized spacial score (nSPS) is 11.3. The molecule has 0 saturated heterocycles. The molecule has 0 aliphatic heterocycles. The van der Waals surface area contributed by atoms with Gasteiger partial charge >= 0.3 is 6.36 Å². The maximum Gasteiger partial charge on any atom is 0.573 e. The lowest BCUT2D eigenvalue weighted by Gasteiger charge is -2.10. The summed E-state index contributed by atoms with van der Waals surface area (Å²) in [5, 5.41) is 0. The van der Waals surface area contributed by atoms with Crippen molar-refractivity contribution in [3.63, 3.8) is 0 Å². The van der Waals surface area contributed by atoms with Gasteiger partial charge in [0, 0.05) is 11.8 Å². The fraction of sp³-hybridized carbons (Fsp3) is 0.0833. The van der Waals surface area contributed by atoms with Crippen molar-refractivity contribution in [2.24, 2.45) is 0 Å². The summed E-state index contributed by atoms with van der Waals surface area (Å²) < 4.78 is 52.8. The topological polar surface area (TPSA) is 22.1 Å². The number of alkyl halides is 3. The summed E-state index contributed by atoms with van der Waals surface area (Å²) in [7, 11) is 0. The molecule has 18 heavy (non-hydrogen) atoms. The Morgan fingerprint density at radius 3 is 2.39 bits per heavy atom. The number of ether oxygens (including phenoxy) is 1. The summed E-state index contributed by atoms with van der Waals surface area (Å²) in [6.45, 7) is 0. The lowest BCUT2D eigenvalue weighted by molar-refractivity contribution is -0.275. The highest BCUT2D eigenvalue weighted by Gasteiger charge is 2.32. The summed E-state index contributed by atoms with van der Waals surface area (Å²) in [6, 6.07) is 8.18. The molecule has 0 aliphatic carbocycles. The van der Waals surface area contributed by atoms with Crippen molar-refractivity contribution in [2.45, 2.75) is 6.36 Å². The molecule has 0 atom stereocenters. The van der Waals surface area contributed by atoms with Crippen LogP contribution < -0.4 is 4.74 Å². The first kappa shape index (κ1) is 12.3. The quantitative estimate of drug-likeness (QED) is 0.764. The van der Waals surface area contributed by atoms with Gasteiger partial charge in [0.15, 0.2) is 11.6 Å². The molecule has 1 aromatic carbocycles. The summed E-state index contributed by atoms with van der Waals surface area (Å²) in [4.78, 5) is 3.96. The monoisotopic (exact) mass is 257 g/mol. The smallest absolute Gasteiger partial charge is 0.403 e. The predicted molar refractivity (Wildman–Crippen MR) is 56.3 cm³/mol. The number of nitrogens with zero attached hydrogens (tertiary/aromatic N) is 1. The number of hydrogen-bond acceptors (Lipinski definition) is 2. The highest BCUT2D eigenvalue weighted by Crippen LogP contribution is 2.28. The van der Waals surface area contributed by atoms with E-state index < -0.39 is 17.9 Å². The number of benzene rings is 1. The Labute approximate surface area is 99.8 Å². The largest absolute Gasteiger partial charge is 0.573 e. The molecule has 0 spiro atoms. The number of hydrogen-bond donors (Lipinski definition) is 0. The Kier molecular flexibility index (Phi) is 3.18. The number of halogens is 4. The molecule has 0 fully saturated rings. The van der Waals surface area contributed by atoms with Crippen LogP contribution in [0.3, 0.4) is 0 Å². The minimum atomic E-state index is -4.91. The molecule has 0 aliphatic rings. The second-order valence-corrected chi connectivity index (χ2v) is 3.41. The predicted octanol–water partition coefficient (Wildman–Crippen LogP) is 3.79. The Hall–Kier alpha value is -2.11. The first-order valence-corrected chi connectivity index (χ1v) is 4.92. The molecule has 1 heterocycles. The zero-order valence-corrected chi connectivity index (χ0v) is 8.91. The second-order valence-electron chi connectivity index (χ2n) is 3.41. The fourth-order valence-electron chi connectivity index (χ4n) is 1.40. The molecule has 1 aromatic heterocycles. The van der Waals surface area contributed by atoms with Crippen LogP contribution in [0.4, 0.5) is 17.6 Å². The van der Waals surface area contributed by atoms with Gasteiger partial charge in [0.25, 0.3) is 0 Å². The molecular formula is C12H7F4NO. The van der Waals surface area contributed by atoms with Crippen LogP contribution in [0.25, 0.3) is 11.3 Å². The third kappa shape index (κ3) is 2.97. The van der Waals surface area contributed by atoms with Crippen LogP contribution in [-0.2, 0) is 0 Å². The third-order valence-corrected chi connectivity index (χ3v) is 2.12. The molecule has 94 valence electrons. The van der Waals surface area contributed by atoms with Gasteiger partial charge in [-0.3, -0.25) is 4.98 Å². The van der Waals surface area contributed by atoms with Crippen LogP contribution in [-0.4, -0.2) is 11.3 Å². The van der Waals surface area contributed by atoms with Gasteiger partial charge < -0.3 is 4.74 Å². The van der Waals surface area contributed by atoms with E-state index in [4.69, 9.17) is 0 Å². The average Bonchev–Trinajstić information content (AvgIpc) is 2.31. The van der Waals surface area contributed by atoms with Crippen LogP contribution in [0.1, 0.15) is 0 Å². The van der Waals surface area contributed by atoms with E-state index in [9.17, 15) is 17.6 Å². The molecule has 0 unspecified atom stereocenters. The third-order valence-electron chi connectivity index (χ3n) is 2.12. The number of rotatable bonds is 2. The lowest BCUT2D eigenvalue weighted by atomic mass is 10.1. The van der Waals surface area contributed by atoms with Crippen molar-refractivity contribution in [1.82, 2.24) is 4.98 Å². The first-order chi connectivity index (χ1) is 8.46. The van der Waals surface area contributed by atoms with Crippen molar-refractivity contribution >= 4 is 0 Å². The number of aromatic nitrogens is 1. The highest BCUT2D eigenvalue weighted by atomic mass is 19.4. The van der Waals surface area contributed by atoms with Gasteiger partial charge in [-0.05, 0) is 30.3 Å². The van der Waals surface area contributed by atoms with Gasteiger partial charge in [-0.2, -0.15) is 0 Å². The van der Waals surface area contributed by atoms with E-state index in [2.05, 4.69) is 9.72 Å². The minimum Gasteiger partial charge on any atom is -0.403 e. The van der Waals surface area contributed by atoms with Crippen LogP contribution in [0.2, 0.25) is 0 Å². The van der Waals surface area contributed by atoms with E-state index in [1.807, 2.05) is 0 Å². The standard InChI is InChI=1S/C12H7F4NO/c13-9-7-8(10-3-1-2-6-17-10)4-5-11(9)18-12(14,15)16/h1-7H. The molecule has 0 saturated carbocycles. The van der Waals surface area contributed by atoms with Crippen molar-refractivity contribution in [3.8, 4) is 17.0 Å². The van der Waals surface area contributed by atoms with Gasteiger partial charge in [-0.15, -0.1) is 13.2 Å². The molecule has 0 amide bonds. The molecule has 2 rings (SSSR count). The second kappa shape index (κ2) is 4.64. The molecule has 2 nitrogen and oxygen atoms in total. The maximum atomic E-state index is 13.4. The zero-order chi connectivity index (χ0) is 13.2. The van der Waals surface area contributed by atoms with Crippen LogP contribution in [0.5, 0.6) is 5.75 Å². The van der Waals surface area contributed by atoms with Crippen LogP contribution in [0, 0.1) is 5.82 Å². The van der Waals surface area contributed by atoms with Gasteiger partial charge in [0.2, 0.25) is 0 Å². The molecule has 0 bridgehead atoms. The Balaban J connectivity index is 2.31. The molecular weight excluding hydrogens is 250 g/mol. The average molecular weight is 257 g/mol. The van der Waals surface area contributed by atoms with Crippen molar-refractivity contribution in [3.05, 3.63) is 48.4 Å². The maximum absolute atomic E-state index is 13.4. The zero-order valence-electron chi connectivity index (χ0n) is 8.91. The molecule has 6 heteroatoms. The van der Waals surface area contributed by atoms with Crippen molar-refractivity contribution in [2.75, 3.05) is 0 Å². The van der Waals surface area contributed by atoms with E-state index in [0.29, 0.717) is 11.3 Å². The van der Waals surface area contributed by atoms with Crippen LogP contribution in [0.15, 0.2) is 42.6 Å². The summed E-state index contributed by atoms with van der Waals surface area (Å²) >= 11 is 0. The van der Waals surface area contributed by atoms with E-state index in [1.54, 1.807) is 18.2 Å². The first-order valence-electron chi connectivity index (χ1n) is 4.92. The Morgan fingerprint density at radius 1 is 1.06 bits per heavy atom. The van der Waals surface area contributed by atoms with Crippen LogP contribution >= 0.6 is 0 Å².